The molecule has 0 unspecified atom stereocenters. The number of aromatic nitrogens is 2. The van der Waals surface area contributed by atoms with Gasteiger partial charge < -0.3 is 5.32 Å². The second-order valence-electron chi connectivity index (χ2n) is 5.65. The molecule has 0 atom stereocenters. The Morgan fingerprint density at radius 2 is 1.96 bits per heavy atom. The largest absolute Gasteiger partial charge is 0.357 e. The highest BCUT2D eigenvalue weighted by molar-refractivity contribution is 7.80. The van der Waals surface area contributed by atoms with E-state index in [0.29, 0.717) is 11.7 Å². The van der Waals surface area contributed by atoms with Gasteiger partial charge in [0, 0.05) is 25.1 Å². The lowest BCUT2D eigenvalue weighted by Gasteiger charge is -2.08. The van der Waals surface area contributed by atoms with Crippen LogP contribution in [0.15, 0.2) is 72.2 Å². The Kier molecular flexibility index (Phi) is 6.01. The lowest BCUT2D eigenvalue weighted by Crippen LogP contribution is -2.31. The van der Waals surface area contributed by atoms with Gasteiger partial charge in [0.05, 0.1) is 11.9 Å². The number of nitrogens with zero attached hydrogens (tertiary/aromatic N) is 3. The second-order valence-corrected chi connectivity index (χ2v) is 6.06. The van der Waals surface area contributed by atoms with Crippen LogP contribution in [-0.2, 0) is 6.54 Å². The fourth-order valence-electron chi connectivity index (χ4n) is 2.49. The van der Waals surface area contributed by atoms with Gasteiger partial charge in [-0.2, -0.15) is 5.10 Å². The summed E-state index contributed by atoms with van der Waals surface area (Å²) in [6.45, 7) is 2.63. The van der Waals surface area contributed by atoms with Crippen LogP contribution < -0.4 is 10.7 Å². The molecule has 2 heterocycles. The summed E-state index contributed by atoms with van der Waals surface area (Å²) in [6.07, 6.45) is 7.00. The van der Waals surface area contributed by atoms with Gasteiger partial charge in [0.25, 0.3) is 0 Å². The molecule has 0 aliphatic rings. The minimum absolute atomic E-state index is 0.446. The van der Waals surface area contributed by atoms with E-state index in [1.165, 1.54) is 0 Å². The predicted octanol–water partition coefficient (Wildman–Crippen LogP) is 3.45. The molecule has 0 aliphatic heterocycles. The number of hydrogen-bond acceptors (Lipinski definition) is 4. The minimum atomic E-state index is 0.446. The van der Waals surface area contributed by atoms with Crippen molar-refractivity contribution in [2.75, 3.05) is 0 Å². The topological polar surface area (TPSA) is 62.2 Å². The highest BCUT2D eigenvalue weighted by Crippen LogP contribution is 2.23. The van der Waals surface area contributed by atoms with Crippen molar-refractivity contribution in [2.24, 2.45) is 5.10 Å². The van der Waals surface area contributed by atoms with Crippen molar-refractivity contribution in [1.29, 1.82) is 0 Å². The summed E-state index contributed by atoms with van der Waals surface area (Å²) >= 11 is 5.23. The maximum Gasteiger partial charge on any atom is 0.187 e. The first-order valence-corrected chi connectivity index (χ1v) is 8.61. The van der Waals surface area contributed by atoms with E-state index in [1.807, 2.05) is 43.3 Å². The standard InChI is InChI=1S/C20H19N5S/c1-15-18(17-7-3-2-4-8-17)9-11-22-19(15)14-24-25-20(26)23-13-16-6-5-10-21-12-16/h2-12,14H,13H2,1H3,(H2,23,25,26)/b24-14+. The fourth-order valence-corrected chi connectivity index (χ4v) is 2.61. The van der Waals surface area contributed by atoms with Crippen molar-refractivity contribution in [2.45, 2.75) is 13.5 Å². The zero-order valence-electron chi connectivity index (χ0n) is 14.4. The third-order valence-electron chi connectivity index (χ3n) is 3.86. The Hall–Kier alpha value is -3.12. The Balaban J connectivity index is 1.61. The number of hydrazone groups is 1. The molecule has 26 heavy (non-hydrogen) atoms. The Morgan fingerprint density at radius 1 is 1.12 bits per heavy atom. The van der Waals surface area contributed by atoms with Gasteiger partial charge >= 0.3 is 0 Å². The normalized spacial score (nSPS) is 10.7. The van der Waals surface area contributed by atoms with Crippen molar-refractivity contribution >= 4 is 23.5 Å². The van der Waals surface area contributed by atoms with Crippen LogP contribution in [0.4, 0.5) is 0 Å². The number of nitrogens with one attached hydrogen (secondary N) is 2. The van der Waals surface area contributed by atoms with Gasteiger partial charge in [-0.1, -0.05) is 36.4 Å². The molecule has 0 saturated heterocycles. The number of benzene rings is 1. The molecule has 1 aromatic carbocycles. The molecule has 0 amide bonds. The lowest BCUT2D eigenvalue weighted by atomic mass is 10.0. The minimum Gasteiger partial charge on any atom is -0.357 e. The van der Waals surface area contributed by atoms with Gasteiger partial charge in [-0.15, -0.1) is 0 Å². The Morgan fingerprint density at radius 3 is 2.73 bits per heavy atom. The number of rotatable bonds is 5. The van der Waals surface area contributed by atoms with Crippen molar-refractivity contribution in [1.82, 2.24) is 20.7 Å². The van der Waals surface area contributed by atoms with Crippen molar-refractivity contribution < 1.29 is 0 Å². The molecule has 0 aliphatic carbocycles. The zero-order chi connectivity index (χ0) is 18.2. The van der Waals surface area contributed by atoms with Crippen LogP contribution in [0.25, 0.3) is 11.1 Å². The van der Waals surface area contributed by atoms with Crippen LogP contribution in [0.2, 0.25) is 0 Å². The smallest absolute Gasteiger partial charge is 0.187 e. The monoisotopic (exact) mass is 361 g/mol. The van der Waals surface area contributed by atoms with Crippen molar-refractivity contribution in [3.8, 4) is 11.1 Å². The average molecular weight is 361 g/mol. The highest BCUT2D eigenvalue weighted by atomic mass is 32.1. The van der Waals surface area contributed by atoms with E-state index in [2.05, 4.69) is 37.9 Å². The second kappa shape index (κ2) is 8.82. The molecular formula is C20H19N5S. The van der Waals surface area contributed by atoms with E-state index in [1.54, 1.807) is 24.8 Å². The first-order valence-electron chi connectivity index (χ1n) is 8.21. The van der Waals surface area contributed by atoms with Gasteiger partial charge in [-0.25, -0.2) is 0 Å². The molecule has 5 nitrogen and oxygen atoms in total. The van der Waals surface area contributed by atoms with Gasteiger partial charge in [-0.05, 0) is 53.5 Å². The summed E-state index contributed by atoms with van der Waals surface area (Å²) in [6, 6.07) is 16.1. The summed E-state index contributed by atoms with van der Waals surface area (Å²) < 4.78 is 0. The summed E-state index contributed by atoms with van der Waals surface area (Å²) in [5.74, 6) is 0. The van der Waals surface area contributed by atoms with Gasteiger partial charge in [0.2, 0.25) is 0 Å². The molecule has 2 N–H and O–H groups in total. The fraction of sp³-hybridized carbons (Fsp3) is 0.100. The maximum atomic E-state index is 5.23. The molecular weight excluding hydrogens is 342 g/mol. The average Bonchev–Trinajstić information content (AvgIpc) is 2.69. The van der Waals surface area contributed by atoms with E-state index >= 15 is 0 Å². The molecule has 3 rings (SSSR count). The molecule has 0 radical (unpaired) electrons. The van der Waals surface area contributed by atoms with Crippen molar-refractivity contribution in [3.63, 3.8) is 0 Å². The zero-order valence-corrected chi connectivity index (χ0v) is 15.2. The van der Waals surface area contributed by atoms with Gasteiger partial charge in [0.1, 0.15) is 0 Å². The third-order valence-corrected chi connectivity index (χ3v) is 4.09. The maximum absolute atomic E-state index is 5.23. The van der Waals surface area contributed by atoms with Crippen molar-refractivity contribution in [3.05, 3.63) is 83.9 Å². The highest BCUT2D eigenvalue weighted by Gasteiger charge is 2.05. The number of pyridine rings is 2. The number of thiocarbonyl (C=S) groups is 1. The number of hydrogen-bond donors (Lipinski definition) is 2. The first-order chi connectivity index (χ1) is 12.7. The van der Waals surface area contributed by atoms with Crippen LogP contribution in [0, 0.1) is 6.92 Å². The molecule has 6 heteroatoms. The van der Waals surface area contributed by atoms with E-state index < -0.39 is 0 Å². The van der Waals surface area contributed by atoms with E-state index in [0.717, 1.165) is 27.9 Å². The van der Waals surface area contributed by atoms with Crippen LogP contribution in [0.1, 0.15) is 16.8 Å². The molecule has 0 saturated carbocycles. The van der Waals surface area contributed by atoms with E-state index in [4.69, 9.17) is 12.2 Å². The molecule has 0 spiro atoms. The quantitative estimate of drug-likeness (QED) is 0.414. The SMILES string of the molecule is Cc1c(-c2ccccc2)ccnc1/C=N/NC(=S)NCc1cccnc1. The van der Waals surface area contributed by atoms with E-state index in [-0.39, 0.29) is 0 Å². The molecule has 0 bridgehead atoms. The molecule has 3 aromatic rings. The Bertz CT molecular complexity index is 895. The van der Waals surface area contributed by atoms with Gasteiger partial charge in [-0.3, -0.25) is 15.4 Å². The molecule has 130 valence electrons. The Labute approximate surface area is 158 Å². The molecule has 0 fully saturated rings. The van der Waals surface area contributed by atoms with Crippen LogP contribution in [0.5, 0.6) is 0 Å². The van der Waals surface area contributed by atoms with Crippen LogP contribution in [-0.4, -0.2) is 21.3 Å². The summed E-state index contributed by atoms with van der Waals surface area (Å²) in [4.78, 5) is 8.46. The van der Waals surface area contributed by atoms with Crippen LogP contribution in [0.3, 0.4) is 0 Å². The van der Waals surface area contributed by atoms with Gasteiger partial charge in [0.15, 0.2) is 5.11 Å². The lowest BCUT2D eigenvalue weighted by molar-refractivity contribution is 0.863. The van der Waals surface area contributed by atoms with Crippen LogP contribution >= 0.6 is 12.2 Å². The predicted molar refractivity (Wildman–Crippen MR) is 109 cm³/mol. The van der Waals surface area contributed by atoms with E-state index in [9.17, 15) is 0 Å². The first kappa shape index (κ1) is 17.7. The summed E-state index contributed by atoms with van der Waals surface area (Å²) in [7, 11) is 0. The third kappa shape index (κ3) is 4.70. The molecule has 2 aromatic heterocycles. The summed E-state index contributed by atoms with van der Waals surface area (Å²) in [5, 5.41) is 7.72. The summed E-state index contributed by atoms with van der Waals surface area (Å²) in [5.41, 5.74) is 8.03.